The molecule has 0 aliphatic rings. The minimum Gasteiger partial charge on any atom is -0.497 e. The summed E-state index contributed by atoms with van der Waals surface area (Å²) in [6.45, 7) is 1.57. The van der Waals surface area contributed by atoms with Crippen molar-refractivity contribution in [2.75, 3.05) is 14.2 Å². The average molecular weight is 287 g/mol. The Balaban J connectivity index is 2.90. The molecular weight excluding hydrogens is 272 g/mol. The molecule has 0 saturated heterocycles. The molecule has 4 heteroatoms. The van der Waals surface area contributed by atoms with E-state index in [0.29, 0.717) is 6.42 Å². The fourth-order valence-corrected chi connectivity index (χ4v) is 1.71. The number of carbonyl (C=O) groups excluding carboxylic acids is 1. The minimum atomic E-state index is -0.163. The Morgan fingerprint density at radius 2 is 1.75 bits per heavy atom. The van der Waals surface area contributed by atoms with E-state index >= 15 is 0 Å². The van der Waals surface area contributed by atoms with E-state index in [-0.39, 0.29) is 10.6 Å². The monoisotopic (exact) mass is 286 g/mol. The zero-order chi connectivity index (χ0) is 12.1. The number of hydrogen-bond acceptors (Lipinski definition) is 3. The average Bonchev–Trinajstić information content (AvgIpc) is 2.28. The lowest BCUT2D eigenvalue weighted by Crippen LogP contribution is -2.12. The maximum Gasteiger partial charge on any atom is 0.143 e. The van der Waals surface area contributed by atoms with Crippen LogP contribution < -0.4 is 9.47 Å². The first-order valence-electron chi connectivity index (χ1n) is 4.93. The summed E-state index contributed by atoms with van der Waals surface area (Å²) in [7, 11) is 3.21. The first-order valence-corrected chi connectivity index (χ1v) is 5.85. The van der Waals surface area contributed by atoms with Gasteiger partial charge in [0.2, 0.25) is 0 Å². The second-order valence-electron chi connectivity index (χ2n) is 3.50. The Labute approximate surface area is 104 Å². The number of ether oxygens (including phenoxy) is 2. The highest BCUT2D eigenvalue weighted by Crippen LogP contribution is 2.24. The van der Waals surface area contributed by atoms with Crippen LogP contribution in [0.25, 0.3) is 0 Å². The highest BCUT2D eigenvalue weighted by molar-refractivity contribution is 9.10. The van der Waals surface area contributed by atoms with Gasteiger partial charge in [0.1, 0.15) is 17.3 Å². The Hall–Kier alpha value is -1.03. The number of rotatable bonds is 5. The molecule has 88 valence electrons. The number of ketones is 1. The van der Waals surface area contributed by atoms with Crippen LogP contribution in [0.5, 0.6) is 11.5 Å². The van der Waals surface area contributed by atoms with Gasteiger partial charge < -0.3 is 9.47 Å². The van der Waals surface area contributed by atoms with Crippen molar-refractivity contribution < 1.29 is 14.3 Å². The molecule has 0 aromatic heterocycles. The molecule has 0 N–H and O–H groups in total. The van der Waals surface area contributed by atoms with E-state index < -0.39 is 0 Å². The number of alkyl halides is 1. The van der Waals surface area contributed by atoms with E-state index in [1.165, 1.54) is 0 Å². The Kier molecular flexibility index (Phi) is 4.80. The van der Waals surface area contributed by atoms with Crippen LogP contribution in [-0.2, 0) is 11.2 Å². The molecule has 16 heavy (non-hydrogen) atoms. The quantitative estimate of drug-likeness (QED) is 0.781. The first-order chi connectivity index (χ1) is 7.56. The van der Waals surface area contributed by atoms with Crippen LogP contribution in [-0.4, -0.2) is 24.8 Å². The maximum absolute atomic E-state index is 11.1. The number of benzene rings is 1. The summed E-state index contributed by atoms with van der Waals surface area (Å²) >= 11 is 3.34. The van der Waals surface area contributed by atoms with E-state index in [1.807, 2.05) is 12.1 Å². The summed E-state index contributed by atoms with van der Waals surface area (Å²) in [6, 6.07) is 5.61. The van der Waals surface area contributed by atoms with E-state index in [2.05, 4.69) is 15.9 Å². The molecule has 0 bridgehead atoms. The van der Waals surface area contributed by atoms with E-state index in [9.17, 15) is 4.79 Å². The van der Waals surface area contributed by atoms with Crippen LogP contribution in [0.4, 0.5) is 0 Å². The van der Waals surface area contributed by atoms with Gasteiger partial charge in [0.05, 0.1) is 19.0 Å². The molecule has 0 amide bonds. The molecular formula is C12H15BrO3. The minimum absolute atomic E-state index is 0.113. The van der Waals surface area contributed by atoms with Crippen LogP contribution in [0.2, 0.25) is 0 Å². The predicted molar refractivity (Wildman–Crippen MR) is 66.6 cm³/mol. The van der Waals surface area contributed by atoms with Gasteiger partial charge >= 0.3 is 0 Å². The van der Waals surface area contributed by atoms with E-state index in [4.69, 9.17) is 9.47 Å². The summed E-state index contributed by atoms with van der Waals surface area (Å²) in [5.74, 6) is 1.58. The SMILES string of the molecule is COc1cc(CC(Br)C(C)=O)cc(OC)c1. The van der Waals surface area contributed by atoms with Crippen LogP contribution in [0.3, 0.4) is 0 Å². The summed E-state index contributed by atoms with van der Waals surface area (Å²) in [4.78, 5) is 11.0. The molecule has 1 aromatic carbocycles. The molecule has 1 aromatic rings. The van der Waals surface area contributed by atoms with Gasteiger partial charge in [0.25, 0.3) is 0 Å². The molecule has 0 fully saturated rings. The van der Waals surface area contributed by atoms with Gasteiger partial charge in [0.15, 0.2) is 0 Å². The van der Waals surface area contributed by atoms with Crippen molar-refractivity contribution in [3.8, 4) is 11.5 Å². The molecule has 0 aliphatic heterocycles. The van der Waals surface area contributed by atoms with Crippen molar-refractivity contribution in [2.24, 2.45) is 0 Å². The number of methoxy groups -OCH3 is 2. The Morgan fingerprint density at radius 1 is 1.25 bits per heavy atom. The topological polar surface area (TPSA) is 35.5 Å². The van der Waals surface area contributed by atoms with Gasteiger partial charge in [0, 0.05) is 6.07 Å². The van der Waals surface area contributed by atoms with Gasteiger partial charge in [-0.1, -0.05) is 15.9 Å². The summed E-state index contributed by atoms with van der Waals surface area (Å²) in [5, 5.41) is 0. The molecule has 3 nitrogen and oxygen atoms in total. The number of Topliss-reactive ketones (excluding diaryl/α,β-unsaturated/α-hetero) is 1. The van der Waals surface area contributed by atoms with Crippen molar-refractivity contribution >= 4 is 21.7 Å². The zero-order valence-corrected chi connectivity index (χ0v) is 11.2. The third-order valence-corrected chi connectivity index (χ3v) is 3.24. The van der Waals surface area contributed by atoms with Crippen molar-refractivity contribution in [1.29, 1.82) is 0 Å². The predicted octanol–water partition coefficient (Wildman–Crippen LogP) is 2.60. The number of carbonyl (C=O) groups is 1. The molecule has 0 heterocycles. The van der Waals surface area contributed by atoms with Crippen molar-refractivity contribution in [1.82, 2.24) is 0 Å². The van der Waals surface area contributed by atoms with Gasteiger partial charge in [-0.25, -0.2) is 0 Å². The van der Waals surface area contributed by atoms with Crippen LogP contribution in [0.1, 0.15) is 12.5 Å². The van der Waals surface area contributed by atoms with E-state index in [0.717, 1.165) is 17.1 Å². The normalized spacial score (nSPS) is 12.0. The van der Waals surface area contributed by atoms with Crippen molar-refractivity contribution in [3.63, 3.8) is 0 Å². The van der Waals surface area contributed by atoms with Gasteiger partial charge in [-0.3, -0.25) is 4.79 Å². The highest BCUT2D eigenvalue weighted by Gasteiger charge is 2.12. The van der Waals surface area contributed by atoms with Crippen molar-refractivity contribution in [3.05, 3.63) is 23.8 Å². The number of halogens is 1. The highest BCUT2D eigenvalue weighted by atomic mass is 79.9. The molecule has 1 rings (SSSR count). The van der Waals surface area contributed by atoms with Gasteiger partial charge in [-0.05, 0) is 31.0 Å². The number of hydrogen-bond donors (Lipinski definition) is 0. The lowest BCUT2D eigenvalue weighted by atomic mass is 10.1. The smallest absolute Gasteiger partial charge is 0.143 e. The third kappa shape index (κ3) is 3.52. The van der Waals surface area contributed by atoms with Crippen LogP contribution >= 0.6 is 15.9 Å². The molecule has 0 saturated carbocycles. The fraction of sp³-hybridized carbons (Fsp3) is 0.417. The standard InChI is InChI=1S/C12H15BrO3/c1-8(14)12(13)6-9-4-10(15-2)7-11(5-9)16-3/h4-5,7,12H,6H2,1-3H3. The van der Waals surface area contributed by atoms with Crippen LogP contribution in [0, 0.1) is 0 Å². The summed E-state index contributed by atoms with van der Waals surface area (Å²) < 4.78 is 10.3. The Morgan fingerprint density at radius 3 is 2.12 bits per heavy atom. The third-order valence-electron chi connectivity index (χ3n) is 2.27. The second kappa shape index (κ2) is 5.89. The second-order valence-corrected chi connectivity index (χ2v) is 4.61. The summed E-state index contributed by atoms with van der Waals surface area (Å²) in [5.41, 5.74) is 1.01. The molecule has 0 radical (unpaired) electrons. The van der Waals surface area contributed by atoms with E-state index in [1.54, 1.807) is 27.2 Å². The lowest BCUT2D eigenvalue weighted by molar-refractivity contribution is -0.116. The van der Waals surface area contributed by atoms with Crippen LogP contribution in [0.15, 0.2) is 18.2 Å². The molecule has 1 atom stereocenters. The largest absolute Gasteiger partial charge is 0.497 e. The first kappa shape index (κ1) is 13.0. The molecule has 0 aliphatic carbocycles. The van der Waals surface area contributed by atoms with Crippen molar-refractivity contribution in [2.45, 2.75) is 18.2 Å². The summed E-state index contributed by atoms with van der Waals surface area (Å²) in [6.07, 6.45) is 0.628. The molecule has 0 spiro atoms. The lowest BCUT2D eigenvalue weighted by Gasteiger charge is -2.10. The maximum atomic E-state index is 11.1. The zero-order valence-electron chi connectivity index (χ0n) is 9.62. The Bertz CT molecular complexity index is 354. The fourth-order valence-electron chi connectivity index (χ4n) is 1.33. The van der Waals surface area contributed by atoms with Gasteiger partial charge in [-0.15, -0.1) is 0 Å². The molecule has 1 unspecified atom stereocenters. The van der Waals surface area contributed by atoms with Gasteiger partial charge in [-0.2, -0.15) is 0 Å².